The molecule has 2 aliphatic rings. The van der Waals surface area contributed by atoms with Gasteiger partial charge >= 0.3 is 0 Å². The Morgan fingerprint density at radius 2 is 1.82 bits per heavy atom. The molecule has 6 nitrogen and oxygen atoms in total. The summed E-state index contributed by atoms with van der Waals surface area (Å²) in [6, 6.07) is 8.92. The quantitative estimate of drug-likeness (QED) is 0.706. The molecule has 0 saturated carbocycles. The van der Waals surface area contributed by atoms with Crippen molar-refractivity contribution in [1.82, 2.24) is 20.4 Å². The van der Waals surface area contributed by atoms with Crippen molar-refractivity contribution in [1.29, 1.82) is 0 Å². The second kappa shape index (κ2) is 10.0. The Morgan fingerprint density at radius 3 is 2.50 bits per heavy atom. The van der Waals surface area contributed by atoms with Crippen molar-refractivity contribution in [2.24, 2.45) is 4.99 Å². The predicted octanol–water partition coefficient (Wildman–Crippen LogP) is 2.35. The molecule has 1 unspecified atom stereocenters. The summed E-state index contributed by atoms with van der Waals surface area (Å²) in [4.78, 5) is 9.47. The number of ether oxygens (including phenoxy) is 1. The zero-order valence-electron chi connectivity index (χ0n) is 17.8. The molecule has 0 bridgehead atoms. The van der Waals surface area contributed by atoms with Gasteiger partial charge < -0.3 is 20.3 Å². The van der Waals surface area contributed by atoms with Crippen LogP contribution in [0.2, 0.25) is 0 Å². The number of morpholine rings is 1. The molecule has 154 valence electrons. The molecule has 0 amide bonds. The summed E-state index contributed by atoms with van der Waals surface area (Å²) in [5, 5.41) is 7.15. The van der Waals surface area contributed by atoms with Gasteiger partial charge in [-0.15, -0.1) is 0 Å². The van der Waals surface area contributed by atoms with E-state index in [1.807, 2.05) is 0 Å². The average molecular weight is 386 g/mol. The number of nitrogens with one attached hydrogen (secondary N) is 2. The Balaban J connectivity index is 1.61. The summed E-state index contributed by atoms with van der Waals surface area (Å²) in [6.07, 6.45) is 1.13. The van der Waals surface area contributed by atoms with Gasteiger partial charge in [0.25, 0.3) is 0 Å². The number of hydrogen-bond acceptors (Lipinski definition) is 5. The number of allylic oxidation sites excluding steroid dienone is 1. The summed E-state index contributed by atoms with van der Waals surface area (Å²) >= 11 is 0. The predicted molar refractivity (Wildman–Crippen MR) is 115 cm³/mol. The molecule has 2 N–H and O–H groups in total. The highest BCUT2D eigenvalue weighted by Crippen LogP contribution is 2.20. The summed E-state index contributed by atoms with van der Waals surface area (Å²) in [5.41, 5.74) is 4.97. The standard InChI is InChI=1S/C22H35N5O/c1-17-18(2)24-22(25-21(17)23-10-5-11-26(3)4)20-8-6-19(7-9-20)16-27-12-14-28-15-13-27/h6-9,22,24H,5,10-16H2,1-4H3,(H,23,25). The molecule has 0 radical (unpaired) electrons. The number of hydrogen-bond donors (Lipinski definition) is 2. The highest BCUT2D eigenvalue weighted by atomic mass is 16.5. The number of nitrogens with zero attached hydrogens (tertiary/aromatic N) is 3. The van der Waals surface area contributed by atoms with Crippen molar-refractivity contribution >= 4 is 5.84 Å². The lowest BCUT2D eigenvalue weighted by Crippen LogP contribution is -2.43. The topological polar surface area (TPSA) is 52.1 Å². The van der Waals surface area contributed by atoms with Crippen molar-refractivity contribution in [2.45, 2.75) is 33.0 Å². The zero-order chi connectivity index (χ0) is 19.9. The van der Waals surface area contributed by atoms with E-state index in [-0.39, 0.29) is 6.17 Å². The fourth-order valence-electron chi connectivity index (χ4n) is 3.53. The van der Waals surface area contributed by atoms with Crippen LogP contribution in [0.25, 0.3) is 0 Å². The van der Waals surface area contributed by atoms with Crippen LogP contribution in [0.15, 0.2) is 40.5 Å². The number of rotatable bonds is 7. The molecule has 1 aromatic rings. The van der Waals surface area contributed by atoms with Gasteiger partial charge in [0.2, 0.25) is 0 Å². The second-order valence-electron chi connectivity index (χ2n) is 7.99. The third-order valence-corrected chi connectivity index (χ3v) is 5.42. The van der Waals surface area contributed by atoms with Gasteiger partial charge in [0.05, 0.1) is 13.2 Å². The number of aliphatic imine (C=N–C) groups is 1. The Labute approximate surface area is 169 Å². The molecule has 1 saturated heterocycles. The highest BCUT2D eigenvalue weighted by Gasteiger charge is 2.21. The van der Waals surface area contributed by atoms with Gasteiger partial charge in [-0.3, -0.25) is 9.89 Å². The van der Waals surface area contributed by atoms with Gasteiger partial charge in [-0.05, 0) is 52.0 Å². The van der Waals surface area contributed by atoms with Crippen LogP contribution in [0, 0.1) is 0 Å². The second-order valence-corrected chi connectivity index (χ2v) is 7.99. The molecular weight excluding hydrogens is 350 g/mol. The van der Waals surface area contributed by atoms with Crippen LogP contribution >= 0.6 is 0 Å². The fourth-order valence-corrected chi connectivity index (χ4v) is 3.53. The van der Waals surface area contributed by atoms with Crippen LogP contribution in [0.3, 0.4) is 0 Å². The lowest BCUT2D eigenvalue weighted by Gasteiger charge is -2.31. The smallest absolute Gasteiger partial charge is 0.127 e. The zero-order valence-corrected chi connectivity index (χ0v) is 17.8. The Bertz CT molecular complexity index is 689. The van der Waals surface area contributed by atoms with Crippen LogP contribution < -0.4 is 10.6 Å². The van der Waals surface area contributed by atoms with Crippen molar-refractivity contribution in [3.8, 4) is 0 Å². The molecule has 6 heteroatoms. The van der Waals surface area contributed by atoms with E-state index < -0.39 is 0 Å². The van der Waals surface area contributed by atoms with E-state index in [4.69, 9.17) is 9.73 Å². The van der Waals surface area contributed by atoms with Gasteiger partial charge in [-0.25, -0.2) is 0 Å². The fraction of sp³-hybridized carbons (Fsp3) is 0.591. The van der Waals surface area contributed by atoms with E-state index in [1.165, 1.54) is 22.4 Å². The minimum absolute atomic E-state index is 0.0636. The Kier molecular flexibility index (Phi) is 7.48. The van der Waals surface area contributed by atoms with Crippen LogP contribution in [-0.2, 0) is 11.3 Å². The summed E-state index contributed by atoms with van der Waals surface area (Å²) in [5.74, 6) is 1.01. The van der Waals surface area contributed by atoms with Crippen molar-refractivity contribution in [2.75, 3.05) is 53.5 Å². The minimum Gasteiger partial charge on any atom is -0.379 e. The monoisotopic (exact) mass is 385 g/mol. The molecule has 0 aromatic heterocycles. The first-order valence-corrected chi connectivity index (χ1v) is 10.3. The van der Waals surface area contributed by atoms with Gasteiger partial charge in [0, 0.05) is 37.4 Å². The van der Waals surface area contributed by atoms with Crippen LogP contribution in [0.5, 0.6) is 0 Å². The molecule has 1 aromatic carbocycles. The van der Waals surface area contributed by atoms with E-state index >= 15 is 0 Å². The molecule has 0 spiro atoms. The molecule has 1 fully saturated rings. The normalized spacial score (nSPS) is 22.5. The highest BCUT2D eigenvalue weighted by molar-refractivity contribution is 5.99. The SMILES string of the molecule is CC1=C(C)C(=NCCCN(C)C)NC(c2ccc(CN3CCOCC3)cc2)N1. The Morgan fingerprint density at radius 1 is 1.11 bits per heavy atom. The Hall–Kier alpha value is -1.89. The van der Waals surface area contributed by atoms with Crippen molar-refractivity contribution in [3.63, 3.8) is 0 Å². The summed E-state index contributed by atoms with van der Waals surface area (Å²) in [6.45, 7) is 10.9. The molecule has 0 aliphatic carbocycles. The minimum atomic E-state index is 0.0636. The van der Waals surface area contributed by atoms with Crippen LogP contribution in [0.1, 0.15) is 37.6 Å². The molecule has 28 heavy (non-hydrogen) atoms. The average Bonchev–Trinajstić information content (AvgIpc) is 2.69. The third kappa shape index (κ3) is 5.80. The first kappa shape index (κ1) is 20.8. The van der Waals surface area contributed by atoms with Gasteiger partial charge in [-0.1, -0.05) is 24.3 Å². The molecular formula is C22H35N5O. The van der Waals surface area contributed by atoms with E-state index in [1.54, 1.807) is 0 Å². The number of benzene rings is 1. The first-order chi connectivity index (χ1) is 13.5. The van der Waals surface area contributed by atoms with Crippen molar-refractivity contribution in [3.05, 3.63) is 46.7 Å². The van der Waals surface area contributed by atoms with Gasteiger partial charge in [0.1, 0.15) is 12.0 Å². The third-order valence-electron chi connectivity index (χ3n) is 5.42. The molecule has 3 rings (SSSR count). The van der Waals surface area contributed by atoms with Crippen molar-refractivity contribution < 1.29 is 4.74 Å². The van der Waals surface area contributed by atoms with Crippen LogP contribution in [-0.4, -0.2) is 69.1 Å². The van der Waals surface area contributed by atoms with E-state index in [9.17, 15) is 0 Å². The lowest BCUT2D eigenvalue weighted by molar-refractivity contribution is 0.0342. The molecule has 1 atom stereocenters. The lowest BCUT2D eigenvalue weighted by atomic mass is 10.1. The van der Waals surface area contributed by atoms with E-state index in [2.05, 4.69) is 72.6 Å². The maximum absolute atomic E-state index is 5.44. The molecule has 2 heterocycles. The van der Waals surface area contributed by atoms with Crippen LogP contribution in [0.4, 0.5) is 0 Å². The van der Waals surface area contributed by atoms with Gasteiger partial charge in [0.15, 0.2) is 0 Å². The van der Waals surface area contributed by atoms with Gasteiger partial charge in [-0.2, -0.15) is 0 Å². The van der Waals surface area contributed by atoms with E-state index in [0.29, 0.717) is 0 Å². The maximum atomic E-state index is 5.44. The largest absolute Gasteiger partial charge is 0.379 e. The summed E-state index contributed by atoms with van der Waals surface area (Å²) in [7, 11) is 4.20. The van der Waals surface area contributed by atoms with E-state index in [0.717, 1.165) is 58.2 Å². The molecule has 2 aliphatic heterocycles. The first-order valence-electron chi connectivity index (χ1n) is 10.3. The summed E-state index contributed by atoms with van der Waals surface area (Å²) < 4.78 is 5.44. The maximum Gasteiger partial charge on any atom is 0.127 e. The number of amidine groups is 1.